The first-order chi connectivity index (χ1) is 4.74. The SMILES string of the molecule is NCCn1oc(=O)nc1O. The predicted molar refractivity (Wildman–Crippen MR) is 31.5 cm³/mol. The van der Waals surface area contributed by atoms with Gasteiger partial charge in [-0.2, -0.15) is 4.74 Å². The van der Waals surface area contributed by atoms with Crippen LogP contribution in [0.5, 0.6) is 6.01 Å². The van der Waals surface area contributed by atoms with Gasteiger partial charge in [0, 0.05) is 6.54 Å². The quantitative estimate of drug-likeness (QED) is 0.528. The molecule has 0 radical (unpaired) electrons. The summed E-state index contributed by atoms with van der Waals surface area (Å²) in [7, 11) is 0. The second kappa shape index (κ2) is 2.53. The van der Waals surface area contributed by atoms with Crippen molar-refractivity contribution in [1.82, 2.24) is 9.72 Å². The fraction of sp³-hybridized carbons (Fsp3) is 0.500. The number of hydrogen-bond donors (Lipinski definition) is 2. The Labute approximate surface area is 55.9 Å². The van der Waals surface area contributed by atoms with Crippen molar-refractivity contribution in [3.63, 3.8) is 0 Å². The van der Waals surface area contributed by atoms with Gasteiger partial charge in [-0.05, 0) is 0 Å². The third-order valence-electron chi connectivity index (χ3n) is 0.935. The minimum absolute atomic E-state index is 0.251. The maximum atomic E-state index is 10.3. The zero-order valence-corrected chi connectivity index (χ0v) is 5.15. The topological polar surface area (TPSA) is 94.3 Å². The fourth-order valence-corrected chi connectivity index (χ4v) is 0.556. The summed E-state index contributed by atoms with van der Waals surface area (Å²) >= 11 is 0. The Kier molecular flexibility index (Phi) is 1.72. The van der Waals surface area contributed by atoms with Crippen LogP contribution in [0.25, 0.3) is 0 Å². The second-order valence-electron chi connectivity index (χ2n) is 1.66. The van der Waals surface area contributed by atoms with E-state index < -0.39 is 11.8 Å². The van der Waals surface area contributed by atoms with Gasteiger partial charge in [-0.25, -0.2) is 4.79 Å². The molecular formula is C4H7N3O3. The van der Waals surface area contributed by atoms with Crippen molar-refractivity contribution in [2.45, 2.75) is 6.54 Å². The van der Waals surface area contributed by atoms with Gasteiger partial charge in [0.2, 0.25) is 0 Å². The van der Waals surface area contributed by atoms with Gasteiger partial charge in [0.05, 0.1) is 6.54 Å². The van der Waals surface area contributed by atoms with E-state index in [2.05, 4.69) is 9.51 Å². The van der Waals surface area contributed by atoms with Gasteiger partial charge in [0.1, 0.15) is 0 Å². The number of rotatable bonds is 2. The monoisotopic (exact) mass is 145 g/mol. The van der Waals surface area contributed by atoms with Gasteiger partial charge in [-0.3, -0.25) is 0 Å². The van der Waals surface area contributed by atoms with Gasteiger partial charge in [0.15, 0.2) is 0 Å². The lowest BCUT2D eigenvalue weighted by Gasteiger charge is -1.93. The van der Waals surface area contributed by atoms with Crippen LogP contribution in [0, 0.1) is 0 Å². The standard InChI is InChI=1S/C4H7N3O3/c5-1-2-7-3(8)6-4(9)10-7/h1-2,5H2,(H,6,8,9). The average molecular weight is 145 g/mol. The Bertz CT molecular complexity index is 263. The van der Waals surface area contributed by atoms with Crippen molar-refractivity contribution < 1.29 is 9.63 Å². The molecule has 0 atom stereocenters. The third kappa shape index (κ3) is 1.16. The van der Waals surface area contributed by atoms with Crippen LogP contribution in [-0.2, 0) is 6.54 Å². The highest BCUT2D eigenvalue weighted by Gasteiger charge is 2.03. The van der Waals surface area contributed by atoms with E-state index in [4.69, 9.17) is 10.8 Å². The lowest BCUT2D eigenvalue weighted by molar-refractivity contribution is 0.221. The molecule has 1 rings (SSSR count). The molecule has 6 nitrogen and oxygen atoms in total. The highest BCUT2D eigenvalue weighted by Crippen LogP contribution is 1.97. The molecule has 0 bridgehead atoms. The Morgan fingerprint density at radius 2 is 2.50 bits per heavy atom. The molecule has 6 heteroatoms. The van der Waals surface area contributed by atoms with Gasteiger partial charge >= 0.3 is 11.8 Å². The molecule has 0 aliphatic heterocycles. The minimum atomic E-state index is -0.814. The molecule has 1 aromatic rings. The van der Waals surface area contributed by atoms with Crippen molar-refractivity contribution in [3.8, 4) is 6.01 Å². The highest BCUT2D eigenvalue weighted by molar-refractivity contribution is 4.83. The first-order valence-corrected chi connectivity index (χ1v) is 2.71. The molecule has 0 saturated carbocycles. The van der Waals surface area contributed by atoms with Crippen molar-refractivity contribution in [1.29, 1.82) is 0 Å². The summed E-state index contributed by atoms with van der Waals surface area (Å²) in [6.07, 6.45) is 0. The van der Waals surface area contributed by atoms with Crippen molar-refractivity contribution in [2.75, 3.05) is 6.54 Å². The first-order valence-electron chi connectivity index (χ1n) is 2.71. The van der Waals surface area contributed by atoms with Gasteiger partial charge in [-0.1, -0.05) is 0 Å². The van der Waals surface area contributed by atoms with Crippen LogP contribution < -0.4 is 11.5 Å². The van der Waals surface area contributed by atoms with Crippen LogP contribution in [-0.4, -0.2) is 21.4 Å². The Morgan fingerprint density at radius 3 is 2.90 bits per heavy atom. The lowest BCUT2D eigenvalue weighted by Crippen LogP contribution is -2.08. The average Bonchev–Trinajstić information content (AvgIpc) is 2.13. The predicted octanol–water partition coefficient (Wildman–Crippen LogP) is -1.50. The zero-order chi connectivity index (χ0) is 7.56. The van der Waals surface area contributed by atoms with E-state index in [-0.39, 0.29) is 13.1 Å². The van der Waals surface area contributed by atoms with Crippen molar-refractivity contribution >= 4 is 0 Å². The molecule has 3 N–H and O–H groups in total. The number of hydrogen-bond acceptors (Lipinski definition) is 5. The molecule has 1 aromatic heterocycles. The second-order valence-corrected chi connectivity index (χ2v) is 1.66. The first kappa shape index (κ1) is 6.81. The third-order valence-corrected chi connectivity index (χ3v) is 0.935. The molecule has 56 valence electrons. The molecule has 0 fully saturated rings. The Balaban J connectivity index is 2.92. The molecule has 1 heterocycles. The fourth-order valence-electron chi connectivity index (χ4n) is 0.556. The normalized spacial score (nSPS) is 10.1. The maximum absolute atomic E-state index is 10.3. The van der Waals surface area contributed by atoms with E-state index in [1.54, 1.807) is 0 Å². The van der Waals surface area contributed by atoms with Crippen LogP contribution in [0.2, 0.25) is 0 Å². The summed E-state index contributed by atoms with van der Waals surface area (Å²) in [6, 6.07) is -0.435. The molecule has 10 heavy (non-hydrogen) atoms. The van der Waals surface area contributed by atoms with E-state index in [1.807, 2.05) is 0 Å². The number of aromatic nitrogens is 2. The van der Waals surface area contributed by atoms with E-state index in [0.717, 1.165) is 4.74 Å². The highest BCUT2D eigenvalue weighted by atomic mass is 16.5. The van der Waals surface area contributed by atoms with Crippen LogP contribution >= 0.6 is 0 Å². The molecule has 0 aliphatic carbocycles. The number of nitrogens with zero attached hydrogens (tertiary/aromatic N) is 2. The van der Waals surface area contributed by atoms with Crippen molar-refractivity contribution in [2.24, 2.45) is 5.73 Å². The molecular weight excluding hydrogens is 138 g/mol. The molecule has 0 unspecified atom stereocenters. The van der Waals surface area contributed by atoms with Crippen molar-refractivity contribution in [3.05, 3.63) is 10.6 Å². The molecule has 0 aromatic carbocycles. The summed E-state index contributed by atoms with van der Waals surface area (Å²) in [5.41, 5.74) is 5.12. The minimum Gasteiger partial charge on any atom is -0.478 e. The molecule has 0 saturated heterocycles. The van der Waals surface area contributed by atoms with Gasteiger partial charge in [0.25, 0.3) is 0 Å². The van der Waals surface area contributed by atoms with Gasteiger partial charge < -0.3 is 15.4 Å². The summed E-state index contributed by atoms with van der Waals surface area (Å²) < 4.78 is 5.31. The molecule has 0 amide bonds. The Morgan fingerprint density at radius 1 is 1.80 bits per heavy atom. The van der Waals surface area contributed by atoms with Crippen LogP contribution in [0.15, 0.2) is 9.32 Å². The summed E-state index contributed by atoms with van der Waals surface area (Å²) in [5, 5.41) is 8.76. The smallest absolute Gasteiger partial charge is 0.462 e. The summed E-state index contributed by atoms with van der Waals surface area (Å²) in [4.78, 5) is 13.4. The largest absolute Gasteiger partial charge is 0.478 e. The van der Waals surface area contributed by atoms with Crippen LogP contribution in [0.1, 0.15) is 0 Å². The maximum Gasteiger partial charge on any atom is 0.462 e. The van der Waals surface area contributed by atoms with Crippen LogP contribution in [0.3, 0.4) is 0 Å². The van der Waals surface area contributed by atoms with Crippen LogP contribution in [0.4, 0.5) is 0 Å². The van der Waals surface area contributed by atoms with Gasteiger partial charge in [-0.15, -0.1) is 4.98 Å². The summed E-state index contributed by atoms with van der Waals surface area (Å²) in [6.45, 7) is 0.536. The Hall–Kier alpha value is -1.30. The number of aromatic hydroxyl groups is 1. The number of nitrogens with two attached hydrogens (primary N) is 1. The zero-order valence-electron chi connectivity index (χ0n) is 5.15. The van der Waals surface area contributed by atoms with E-state index in [0.29, 0.717) is 0 Å². The van der Waals surface area contributed by atoms with E-state index >= 15 is 0 Å². The molecule has 0 spiro atoms. The lowest BCUT2D eigenvalue weighted by atomic mass is 10.7. The molecule has 0 aliphatic rings. The van der Waals surface area contributed by atoms with E-state index in [9.17, 15) is 4.79 Å². The summed E-state index contributed by atoms with van der Waals surface area (Å²) in [5.74, 6) is -0.814. The van der Waals surface area contributed by atoms with E-state index in [1.165, 1.54) is 0 Å².